The maximum atomic E-state index is 12.7. The second kappa shape index (κ2) is 6.30. The summed E-state index contributed by atoms with van der Waals surface area (Å²) in [4.78, 5) is 7.20. The van der Waals surface area contributed by atoms with Gasteiger partial charge in [0.1, 0.15) is 6.61 Å². The second-order valence-electron chi connectivity index (χ2n) is 4.08. The molecule has 0 bridgehead atoms. The molecule has 0 fully saturated rings. The lowest BCUT2D eigenvalue weighted by atomic mass is 10.2. The van der Waals surface area contributed by atoms with E-state index < -0.39 is 11.9 Å². The minimum Gasteiger partial charge on any atom is -0.473 e. The molecule has 2 aromatic rings. The van der Waals surface area contributed by atoms with Crippen molar-refractivity contribution in [1.29, 1.82) is 0 Å². The van der Waals surface area contributed by atoms with Gasteiger partial charge >= 0.3 is 6.18 Å². The van der Waals surface area contributed by atoms with E-state index in [1.54, 1.807) is 12.1 Å². The fraction of sp³-hybridized carbons (Fsp3) is 0.231. The third-order valence-corrected chi connectivity index (χ3v) is 3.05. The van der Waals surface area contributed by atoms with Crippen LogP contribution in [0.15, 0.2) is 34.8 Å². The van der Waals surface area contributed by atoms with Gasteiger partial charge < -0.3 is 10.1 Å². The third-order valence-electron chi connectivity index (χ3n) is 2.52. The van der Waals surface area contributed by atoms with Crippen LogP contribution in [0.25, 0.3) is 0 Å². The normalized spacial score (nSPS) is 11.3. The van der Waals surface area contributed by atoms with E-state index in [1.807, 2.05) is 12.1 Å². The number of hydrogen-bond acceptors (Lipinski definition) is 4. The Morgan fingerprint density at radius 2 is 1.86 bits per heavy atom. The lowest BCUT2D eigenvalue weighted by Crippen LogP contribution is -2.12. The summed E-state index contributed by atoms with van der Waals surface area (Å²) in [5.74, 6) is -0.278. The Morgan fingerprint density at radius 3 is 2.43 bits per heavy atom. The van der Waals surface area contributed by atoms with E-state index in [-0.39, 0.29) is 18.4 Å². The SMILES string of the molecule is CNc1nc(OCc2ccc(Br)cc2)cc(C(F)(F)F)n1. The van der Waals surface area contributed by atoms with Gasteiger partial charge in [-0.15, -0.1) is 0 Å². The highest BCUT2D eigenvalue weighted by molar-refractivity contribution is 9.10. The Labute approximate surface area is 127 Å². The molecule has 0 radical (unpaired) electrons. The van der Waals surface area contributed by atoms with Crippen LogP contribution in [0.4, 0.5) is 19.1 Å². The molecule has 1 aromatic heterocycles. The number of benzene rings is 1. The number of aromatic nitrogens is 2. The number of nitrogens with zero attached hydrogens (tertiary/aromatic N) is 2. The number of nitrogens with one attached hydrogen (secondary N) is 1. The van der Waals surface area contributed by atoms with Gasteiger partial charge in [0.25, 0.3) is 0 Å². The molecule has 0 spiro atoms. The number of ether oxygens (including phenoxy) is 1. The summed E-state index contributed by atoms with van der Waals surface area (Å²) in [5, 5.41) is 2.48. The molecule has 2 rings (SSSR count). The van der Waals surface area contributed by atoms with E-state index >= 15 is 0 Å². The Balaban J connectivity index is 2.17. The van der Waals surface area contributed by atoms with Gasteiger partial charge in [0.15, 0.2) is 5.69 Å². The fourth-order valence-electron chi connectivity index (χ4n) is 1.49. The first kappa shape index (κ1) is 15.6. The lowest BCUT2D eigenvalue weighted by molar-refractivity contribution is -0.141. The summed E-state index contributed by atoms with van der Waals surface area (Å²) in [6, 6.07) is 8.02. The van der Waals surface area contributed by atoms with Gasteiger partial charge in [0, 0.05) is 17.6 Å². The molecule has 0 unspecified atom stereocenters. The molecular weight excluding hydrogens is 351 g/mol. The van der Waals surface area contributed by atoms with Gasteiger partial charge in [-0.2, -0.15) is 18.2 Å². The zero-order chi connectivity index (χ0) is 15.5. The molecule has 112 valence electrons. The summed E-state index contributed by atoms with van der Waals surface area (Å²) in [7, 11) is 1.44. The molecule has 0 aliphatic heterocycles. The molecule has 21 heavy (non-hydrogen) atoms. The van der Waals surface area contributed by atoms with Gasteiger partial charge in [0.05, 0.1) is 0 Å². The van der Waals surface area contributed by atoms with E-state index in [2.05, 4.69) is 31.2 Å². The van der Waals surface area contributed by atoms with Crippen molar-refractivity contribution in [2.75, 3.05) is 12.4 Å². The minimum absolute atomic E-state index is 0.116. The minimum atomic E-state index is -4.55. The summed E-state index contributed by atoms with van der Waals surface area (Å²) < 4.78 is 44.4. The van der Waals surface area contributed by atoms with E-state index in [9.17, 15) is 13.2 Å². The Morgan fingerprint density at radius 1 is 1.19 bits per heavy atom. The van der Waals surface area contributed by atoms with E-state index in [0.29, 0.717) is 0 Å². The highest BCUT2D eigenvalue weighted by Gasteiger charge is 2.34. The summed E-state index contributed by atoms with van der Waals surface area (Å²) in [6.45, 7) is 0.116. The van der Waals surface area contributed by atoms with Crippen molar-refractivity contribution >= 4 is 21.9 Å². The van der Waals surface area contributed by atoms with Crippen LogP contribution >= 0.6 is 15.9 Å². The van der Waals surface area contributed by atoms with Crippen LogP contribution < -0.4 is 10.1 Å². The number of alkyl halides is 3. The molecule has 1 N–H and O–H groups in total. The Kier molecular flexibility index (Phi) is 4.66. The van der Waals surface area contributed by atoms with Crippen molar-refractivity contribution in [1.82, 2.24) is 9.97 Å². The standard InChI is InChI=1S/C13H11BrF3N3O/c1-18-12-19-10(13(15,16)17)6-11(20-12)21-7-8-2-4-9(14)5-3-8/h2-6H,7H2,1H3,(H,18,19,20). The van der Waals surface area contributed by atoms with Crippen LogP contribution in [0.2, 0.25) is 0 Å². The predicted molar refractivity (Wildman–Crippen MR) is 75.1 cm³/mol. The average Bonchev–Trinajstić information content (AvgIpc) is 2.45. The molecule has 0 aliphatic rings. The van der Waals surface area contributed by atoms with Crippen molar-refractivity contribution in [3.63, 3.8) is 0 Å². The fourth-order valence-corrected chi connectivity index (χ4v) is 1.76. The number of halogens is 4. The van der Waals surface area contributed by atoms with Crippen LogP contribution in [0, 0.1) is 0 Å². The van der Waals surface area contributed by atoms with Crippen LogP contribution in [0.5, 0.6) is 5.88 Å². The Bertz CT molecular complexity index is 617. The average molecular weight is 362 g/mol. The van der Waals surface area contributed by atoms with E-state index in [0.717, 1.165) is 16.1 Å². The molecule has 0 atom stereocenters. The van der Waals surface area contributed by atoms with Crippen molar-refractivity contribution in [3.05, 3.63) is 46.1 Å². The van der Waals surface area contributed by atoms with Gasteiger partial charge in [-0.05, 0) is 17.7 Å². The maximum Gasteiger partial charge on any atom is 0.433 e. The molecule has 4 nitrogen and oxygen atoms in total. The monoisotopic (exact) mass is 361 g/mol. The first-order chi connectivity index (χ1) is 9.88. The summed E-state index contributed by atoms with van der Waals surface area (Å²) in [5.41, 5.74) is -0.232. The molecule has 0 amide bonds. The third kappa shape index (κ3) is 4.32. The highest BCUT2D eigenvalue weighted by Crippen LogP contribution is 2.30. The second-order valence-corrected chi connectivity index (χ2v) is 4.99. The molecule has 0 saturated heterocycles. The van der Waals surface area contributed by atoms with Gasteiger partial charge in [-0.3, -0.25) is 0 Å². The molecule has 8 heteroatoms. The summed E-state index contributed by atoms with van der Waals surface area (Å²) >= 11 is 3.30. The molecular formula is C13H11BrF3N3O. The van der Waals surface area contributed by atoms with Crippen LogP contribution in [0.1, 0.15) is 11.3 Å². The van der Waals surface area contributed by atoms with Gasteiger partial charge in [-0.1, -0.05) is 28.1 Å². The topological polar surface area (TPSA) is 47.0 Å². The lowest BCUT2D eigenvalue weighted by Gasteiger charge is -2.11. The zero-order valence-electron chi connectivity index (χ0n) is 10.9. The van der Waals surface area contributed by atoms with Crippen LogP contribution in [-0.4, -0.2) is 17.0 Å². The number of hydrogen-bond donors (Lipinski definition) is 1. The molecule has 1 heterocycles. The summed E-state index contributed by atoms with van der Waals surface area (Å²) in [6.07, 6.45) is -4.55. The van der Waals surface area contributed by atoms with Crippen molar-refractivity contribution in [2.24, 2.45) is 0 Å². The quantitative estimate of drug-likeness (QED) is 0.897. The zero-order valence-corrected chi connectivity index (χ0v) is 12.5. The van der Waals surface area contributed by atoms with Gasteiger partial charge in [0.2, 0.25) is 11.8 Å². The highest BCUT2D eigenvalue weighted by atomic mass is 79.9. The molecule has 1 aromatic carbocycles. The van der Waals surface area contributed by atoms with Crippen molar-refractivity contribution in [2.45, 2.75) is 12.8 Å². The van der Waals surface area contributed by atoms with Crippen molar-refractivity contribution < 1.29 is 17.9 Å². The molecule has 0 aliphatic carbocycles. The van der Waals surface area contributed by atoms with Crippen molar-refractivity contribution in [3.8, 4) is 5.88 Å². The van der Waals surface area contributed by atoms with E-state index in [1.165, 1.54) is 7.05 Å². The smallest absolute Gasteiger partial charge is 0.433 e. The van der Waals surface area contributed by atoms with E-state index in [4.69, 9.17) is 4.74 Å². The van der Waals surface area contributed by atoms with Gasteiger partial charge in [-0.25, -0.2) is 4.98 Å². The van der Waals surface area contributed by atoms with Crippen LogP contribution in [0.3, 0.4) is 0 Å². The first-order valence-corrected chi connectivity index (χ1v) is 6.69. The maximum absolute atomic E-state index is 12.7. The number of anilines is 1. The predicted octanol–water partition coefficient (Wildman–Crippen LogP) is 3.88. The number of rotatable bonds is 4. The van der Waals surface area contributed by atoms with Crippen LogP contribution in [-0.2, 0) is 12.8 Å². The Hall–Kier alpha value is -1.83. The molecule has 0 saturated carbocycles. The first-order valence-electron chi connectivity index (χ1n) is 5.90. The largest absolute Gasteiger partial charge is 0.473 e.